The zero-order chi connectivity index (χ0) is 24.4. The molecule has 2 atom stereocenters. The molecule has 0 aromatic heterocycles. The molecule has 5 rings (SSSR count). The lowest BCUT2D eigenvalue weighted by Gasteiger charge is -2.43. The number of urea groups is 1. The summed E-state index contributed by atoms with van der Waals surface area (Å²) in [5.74, 6) is 1.34. The molecule has 0 N–H and O–H groups in total. The quantitative estimate of drug-likeness (QED) is 0.617. The lowest BCUT2D eigenvalue weighted by molar-refractivity contribution is -0.141. The fourth-order valence-electron chi connectivity index (χ4n) is 5.58. The Labute approximate surface area is 206 Å². The Kier molecular flexibility index (Phi) is 6.95. The molecule has 3 aliphatic heterocycles. The van der Waals surface area contributed by atoms with Crippen LogP contribution in [0.4, 0.5) is 4.79 Å². The first-order valence-corrected chi connectivity index (χ1v) is 12.5. The first-order chi connectivity index (χ1) is 17.1. The van der Waals surface area contributed by atoms with E-state index in [4.69, 9.17) is 19.3 Å². The van der Waals surface area contributed by atoms with Crippen molar-refractivity contribution in [2.75, 3.05) is 53.6 Å². The number of fused-ring (bicyclic) bond motifs is 1. The minimum atomic E-state index is -0.117. The molecule has 4 aliphatic rings. The van der Waals surface area contributed by atoms with Crippen LogP contribution in [0.25, 0.3) is 0 Å². The molecule has 3 amide bonds. The topological polar surface area (TPSA) is 83.9 Å². The third-order valence-corrected chi connectivity index (χ3v) is 7.58. The van der Waals surface area contributed by atoms with E-state index in [-0.39, 0.29) is 29.8 Å². The number of carbonyl (C=O) groups excluding carboxylic acids is 2. The van der Waals surface area contributed by atoms with E-state index in [0.717, 1.165) is 37.0 Å². The lowest BCUT2D eigenvalue weighted by Crippen LogP contribution is -2.55. The molecule has 2 unspecified atom stereocenters. The maximum absolute atomic E-state index is 13.6. The maximum Gasteiger partial charge on any atom is 0.320 e. The van der Waals surface area contributed by atoms with Gasteiger partial charge in [0.25, 0.3) is 0 Å². The number of methoxy groups -OCH3 is 2. The van der Waals surface area contributed by atoms with Crippen molar-refractivity contribution in [1.82, 2.24) is 14.8 Å². The summed E-state index contributed by atoms with van der Waals surface area (Å²) in [7, 11) is 3.24. The second-order valence-corrected chi connectivity index (χ2v) is 9.49. The SMILES string of the molecule is COc1ccc(C2=NN(C3CCN(C(=O)N4CCOCC4)CC3)C(=O)C3CC=CCC23)cc1OC. The zero-order valence-corrected chi connectivity index (χ0v) is 20.5. The van der Waals surface area contributed by atoms with Crippen molar-refractivity contribution in [2.24, 2.45) is 16.9 Å². The summed E-state index contributed by atoms with van der Waals surface area (Å²) in [5.41, 5.74) is 1.87. The Morgan fingerprint density at radius 2 is 1.60 bits per heavy atom. The van der Waals surface area contributed by atoms with Crippen molar-refractivity contribution in [3.8, 4) is 11.5 Å². The largest absolute Gasteiger partial charge is 0.493 e. The number of carbonyl (C=O) groups is 2. The van der Waals surface area contributed by atoms with E-state index < -0.39 is 0 Å². The molecule has 9 heteroatoms. The Hall–Kier alpha value is -3.07. The number of hydrogen-bond acceptors (Lipinski definition) is 6. The van der Waals surface area contributed by atoms with Crippen molar-refractivity contribution in [1.29, 1.82) is 0 Å². The number of nitrogens with zero attached hydrogens (tertiary/aromatic N) is 4. The van der Waals surface area contributed by atoms with Gasteiger partial charge in [0, 0.05) is 37.7 Å². The number of likely N-dealkylation sites (tertiary alicyclic amines) is 1. The third-order valence-electron chi connectivity index (χ3n) is 7.58. The van der Waals surface area contributed by atoms with E-state index in [9.17, 15) is 9.59 Å². The van der Waals surface area contributed by atoms with Crippen LogP contribution in [0.2, 0.25) is 0 Å². The van der Waals surface area contributed by atoms with E-state index in [1.807, 2.05) is 28.0 Å². The van der Waals surface area contributed by atoms with E-state index >= 15 is 0 Å². The number of piperidine rings is 1. The molecule has 1 aromatic carbocycles. The molecule has 1 aliphatic carbocycles. The van der Waals surface area contributed by atoms with Crippen LogP contribution in [-0.2, 0) is 9.53 Å². The smallest absolute Gasteiger partial charge is 0.320 e. The zero-order valence-electron chi connectivity index (χ0n) is 20.5. The van der Waals surface area contributed by atoms with Gasteiger partial charge in [0.1, 0.15) is 0 Å². The van der Waals surface area contributed by atoms with Gasteiger partial charge in [-0.2, -0.15) is 5.10 Å². The first kappa shape index (κ1) is 23.7. The van der Waals surface area contributed by atoms with Crippen molar-refractivity contribution < 1.29 is 23.8 Å². The van der Waals surface area contributed by atoms with Gasteiger partial charge in [0.05, 0.1) is 45.1 Å². The van der Waals surface area contributed by atoms with Crippen molar-refractivity contribution in [3.63, 3.8) is 0 Å². The summed E-state index contributed by atoms with van der Waals surface area (Å²) in [5, 5.41) is 6.70. The van der Waals surface area contributed by atoms with E-state index in [0.29, 0.717) is 50.9 Å². The highest BCUT2D eigenvalue weighted by Crippen LogP contribution is 2.38. The minimum absolute atomic E-state index is 0.0155. The molecule has 0 radical (unpaired) electrons. The van der Waals surface area contributed by atoms with Gasteiger partial charge in [-0.25, -0.2) is 9.80 Å². The number of amides is 3. The van der Waals surface area contributed by atoms with E-state index in [1.165, 1.54) is 0 Å². The van der Waals surface area contributed by atoms with Crippen LogP contribution in [-0.4, -0.2) is 92.1 Å². The Morgan fingerprint density at radius 1 is 0.943 bits per heavy atom. The summed E-state index contributed by atoms with van der Waals surface area (Å²) in [4.78, 5) is 30.2. The van der Waals surface area contributed by atoms with Gasteiger partial charge in [0.2, 0.25) is 5.91 Å². The summed E-state index contributed by atoms with van der Waals surface area (Å²) < 4.78 is 16.3. The van der Waals surface area contributed by atoms with Crippen molar-refractivity contribution >= 4 is 17.6 Å². The molecule has 188 valence electrons. The molecular formula is C26H34N4O5. The van der Waals surface area contributed by atoms with Crippen LogP contribution in [0, 0.1) is 11.8 Å². The standard InChI is InChI=1S/C26H34N4O5/c1-33-22-8-7-18(17-23(22)34-2)24-20-5-3-4-6-21(20)25(31)30(27-24)19-9-11-28(12-10-19)26(32)29-13-15-35-16-14-29/h3-4,7-8,17,19-21H,5-6,9-16H2,1-2H3. The summed E-state index contributed by atoms with van der Waals surface area (Å²) in [6.07, 6.45) is 7.22. The number of benzene rings is 1. The Bertz CT molecular complexity index is 1010. The van der Waals surface area contributed by atoms with Crippen molar-refractivity contribution in [2.45, 2.75) is 31.7 Å². The molecule has 1 aromatic rings. The number of hydrazone groups is 1. The Morgan fingerprint density at radius 3 is 2.29 bits per heavy atom. The molecule has 0 bridgehead atoms. The fraction of sp³-hybridized carbons (Fsp3) is 0.577. The van der Waals surface area contributed by atoms with Gasteiger partial charge in [-0.3, -0.25) is 4.79 Å². The molecule has 2 saturated heterocycles. The number of ether oxygens (including phenoxy) is 3. The van der Waals surface area contributed by atoms with Crippen LogP contribution in [0.5, 0.6) is 11.5 Å². The normalized spacial score (nSPS) is 25.3. The predicted molar refractivity (Wildman–Crippen MR) is 131 cm³/mol. The van der Waals surface area contributed by atoms with Gasteiger partial charge in [0.15, 0.2) is 11.5 Å². The fourth-order valence-corrected chi connectivity index (χ4v) is 5.58. The van der Waals surface area contributed by atoms with Gasteiger partial charge in [-0.05, 0) is 43.9 Å². The highest BCUT2D eigenvalue weighted by atomic mass is 16.5. The molecule has 2 fully saturated rings. The van der Waals surface area contributed by atoms with Crippen LogP contribution in [0.1, 0.15) is 31.2 Å². The predicted octanol–water partition coefficient (Wildman–Crippen LogP) is 2.75. The van der Waals surface area contributed by atoms with Gasteiger partial charge >= 0.3 is 6.03 Å². The molecular weight excluding hydrogens is 448 g/mol. The number of morpholine rings is 1. The molecule has 9 nitrogen and oxygen atoms in total. The summed E-state index contributed by atoms with van der Waals surface area (Å²) >= 11 is 0. The van der Waals surface area contributed by atoms with Crippen LogP contribution in [0.3, 0.4) is 0 Å². The molecule has 35 heavy (non-hydrogen) atoms. The van der Waals surface area contributed by atoms with Crippen LogP contribution in [0.15, 0.2) is 35.5 Å². The molecule has 3 heterocycles. The van der Waals surface area contributed by atoms with Gasteiger partial charge in [-0.15, -0.1) is 0 Å². The van der Waals surface area contributed by atoms with E-state index in [1.54, 1.807) is 19.2 Å². The highest BCUT2D eigenvalue weighted by Gasteiger charge is 2.43. The summed E-state index contributed by atoms with van der Waals surface area (Å²) in [6.45, 7) is 3.71. The van der Waals surface area contributed by atoms with Gasteiger partial charge < -0.3 is 24.0 Å². The lowest BCUT2D eigenvalue weighted by atomic mass is 9.76. The average molecular weight is 483 g/mol. The second kappa shape index (κ2) is 10.3. The van der Waals surface area contributed by atoms with Crippen molar-refractivity contribution in [3.05, 3.63) is 35.9 Å². The Balaban J connectivity index is 1.37. The van der Waals surface area contributed by atoms with Gasteiger partial charge in [-0.1, -0.05) is 12.2 Å². The van der Waals surface area contributed by atoms with Crippen LogP contribution < -0.4 is 9.47 Å². The number of rotatable bonds is 4. The first-order valence-electron chi connectivity index (χ1n) is 12.5. The highest BCUT2D eigenvalue weighted by molar-refractivity contribution is 6.07. The second-order valence-electron chi connectivity index (χ2n) is 9.49. The average Bonchev–Trinajstić information content (AvgIpc) is 2.93. The molecule has 0 spiro atoms. The van der Waals surface area contributed by atoms with Crippen LogP contribution >= 0.6 is 0 Å². The van der Waals surface area contributed by atoms with E-state index in [2.05, 4.69) is 12.2 Å². The monoisotopic (exact) mass is 482 g/mol. The molecule has 0 saturated carbocycles. The maximum atomic E-state index is 13.6. The summed E-state index contributed by atoms with van der Waals surface area (Å²) in [6, 6.07) is 5.89. The third kappa shape index (κ3) is 4.61. The number of hydrogen-bond donors (Lipinski definition) is 0. The number of allylic oxidation sites excluding steroid dienone is 2. The minimum Gasteiger partial charge on any atom is -0.493 e.